The van der Waals surface area contributed by atoms with Gasteiger partial charge >= 0.3 is 0 Å². The summed E-state index contributed by atoms with van der Waals surface area (Å²) in [6.07, 6.45) is 0. The summed E-state index contributed by atoms with van der Waals surface area (Å²) in [5.41, 5.74) is 6.59. The van der Waals surface area contributed by atoms with E-state index < -0.39 is 0 Å². The Morgan fingerprint density at radius 2 is 1.92 bits per heavy atom. The maximum absolute atomic E-state index is 12.8. The van der Waals surface area contributed by atoms with Crippen molar-refractivity contribution in [3.8, 4) is 5.75 Å². The Bertz CT molecular complexity index is 766. The fourth-order valence-electron chi connectivity index (χ4n) is 2.59. The molecule has 1 amide bonds. The Labute approximate surface area is 173 Å². The van der Waals surface area contributed by atoms with Gasteiger partial charge in [-0.25, -0.2) is 4.98 Å². The molecule has 1 aliphatic rings. The Balaban J connectivity index is 0.00000169. The molecular formula is C15H20Cl3N5O2S. The molecule has 0 atom stereocenters. The molecule has 0 spiro atoms. The van der Waals surface area contributed by atoms with Gasteiger partial charge in [0.05, 0.1) is 23.4 Å². The van der Waals surface area contributed by atoms with Crippen molar-refractivity contribution in [2.24, 2.45) is 0 Å². The van der Waals surface area contributed by atoms with Gasteiger partial charge in [0.2, 0.25) is 5.13 Å². The summed E-state index contributed by atoms with van der Waals surface area (Å²) >= 11 is 7.44. The van der Waals surface area contributed by atoms with Crippen molar-refractivity contribution in [2.75, 3.05) is 43.9 Å². The molecule has 2 N–H and O–H groups in total. The average molecular weight is 441 g/mol. The largest absolute Gasteiger partial charge is 0.496 e. The fraction of sp³-hybridized carbons (Fsp3) is 0.400. The van der Waals surface area contributed by atoms with Crippen LogP contribution in [0.3, 0.4) is 0 Å². The summed E-state index contributed by atoms with van der Waals surface area (Å²) in [6.45, 7) is 4.50. The molecule has 11 heteroatoms. The van der Waals surface area contributed by atoms with Gasteiger partial charge in [-0.1, -0.05) is 11.6 Å². The first-order chi connectivity index (χ1) is 11.5. The molecule has 2 heterocycles. The number of nitrogen functional groups attached to an aromatic ring is 1. The summed E-state index contributed by atoms with van der Waals surface area (Å²) in [4.78, 5) is 21.1. The number of carbonyl (C=O) groups is 1. The summed E-state index contributed by atoms with van der Waals surface area (Å²) in [5, 5.41) is 1.25. The van der Waals surface area contributed by atoms with Gasteiger partial charge in [-0.05, 0) is 13.0 Å². The van der Waals surface area contributed by atoms with E-state index in [1.54, 1.807) is 17.0 Å². The maximum atomic E-state index is 12.8. The van der Waals surface area contributed by atoms with E-state index in [4.69, 9.17) is 22.1 Å². The van der Waals surface area contributed by atoms with E-state index in [1.807, 2.05) is 6.92 Å². The number of halogens is 3. The zero-order valence-electron chi connectivity index (χ0n) is 14.3. The molecule has 0 radical (unpaired) electrons. The molecule has 0 bridgehead atoms. The molecule has 3 rings (SSSR count). The lowest BCUT2D eigenvalue weighted by Crippen LogP contribution is -2.48. The van der Waals surface area contributed by atoms with E-state index in [2.05, 4.69) is 14.3 Å². The molecule has 0 aliphatic carbocycles. The second kappa shape index (κ2) is 9.45. The van der Waals surface area contributed by atoms with Crippen molar-refractivity contribution >= 4 is 64.7 Å². The van der Waals surface area contributed by atoms with Crippen molar-refractivity contribution in [3.05, 3.63) is 28.5 Å². The quantitative estimate of drug-likeness (QED) is 0.739. The summed E-state index contributed by atoms with van der Waals surface area (Å²) in [6, 6.07) is 3.15. The number of methoxy groups -OCH3 is 1. The van der Waals surface area contributed by atoms with Crippen molar-refractivity contribution in [1.29, 1.82) is 0 Å². The minimum atomic E-state index is -0.109. The lowest BCUT2D eigenvalue weighted by molar-refractivity contribution is 0.0743. The number of hydrogen-bond donors (Lipinski definition) is 1. The lowest BCUT2D eigenvalue weighted by Gasteiger charge is -2.34. The minimum Gasteiger partial charge on any atom is -0.496 e. The van der Waals surface area contributed by atoms with E-state index >= 15 is 0 Å². The van der Waals surface area contributed by atoms with Crippen molar-refractivity contribution in [1.82, 2.24) is 14.3 Å². The van der Waals surface area contributed by atoms with Crippen LogP contribution in [0.5, 0.6) is 5.75 Å². The van der Waals surface area contributed by atoms with Crippen LogP contribution in [0.25, 0.3) is 0 Å². The molecule has 1 fully saturated rings. The van der Waals surface area contributed by atoms with Gasteiger partial charge in [0.1, 0.15) is 11.6 Å². The molecule has 0 unspecified atom stereocenters. The van der Waals surface area contributed by atoms with Crippen molar-refractivity contribution < 1.29 is 9.53 Å². The number of aryl methyl sites for hydroxylation is 1. The number of amides is 1. The molecule has 0 saturated carbocycles. The predicted molar refractivity (Wildman–Crippen MR) is 110 cm³/mol. The number of piperazine rings is 1. The molecule has 1 aliphatic heterocycles. The van der Waals surface area contributed by atoms with Gasteiger partial charge in [-0.3, -0.25) is 4.79 Å². The zero-order chi connectivity index (χ0) is 17.3. The summed E-state index contributed by atoms with van der Waals surface area (Å²) in [7, 11) is 1.51. The third-order valence-electron chi connectivity index (χ3n) is 3.90. The molecule has 7 nitrogen and oxygen atoms in total. The molecule has 144 valence electrons. The van der Waals surface area contributed by atoms with E-state index in [0.717, 1.165) is 11.0 Å². The van der Waals surface area contributed by atoms with Crippen LogP contribution in [0.1, 0.15) is 16.2 Å². The Morgan fingerprint density at radius 1 is 1.27 bits per heavy atom. The van der Waals surface area contributed by atoms with E-state index in [0.29, 0.717) is 48.2 Å². The number of hydrogen-bond acceptors (Lipinski definition) is 7. The van der Waals surface area contributed by atoms with Gasteiger partial charge in [0, 0.05) is 43.8 Å². The Morgan fingerprint density at radius 3 is 2.46 bits per heavy atom. The SMILES string of the molecule is COc1cc(N)c(Cl)cc1C(=O)N1CCN(c2nc(C)ns2)CC1.Cl.Cl. The van der Waals surface area contributed by atoms with Crippen LogP contribution < -0.4 is 15.4 Å². The maximum Gasteiger partial charge on any atom is 0.257 e. The molecule has 2 aromatic rings. The van der Waals surface area contributed by atoms with Crippen LogP contribution in [0, 0.1) is 6.92 Å². The second-order valence-electron chi connectivity index (χ2n) is 5.48. The number of nitrogens with zero attached hydrogens (tertiary/aromatic N) is 4. The van der Waals surface area contributed by atoms with Crippen LogP contribution in [-0.4, -0.2) is 53.5 Å². The Hall–Kier alpha value is -1.48. The van der Waals surface area contributed by atoms with Gasteiger partial charge in [0.25, 0.3) is 5.91 Å². The number of ether oxygens (including phenoxy) is 1. The lowest BCUT2D eigenvalue weighted by atomic mass is 10.1. The van der Waals surface area contributed by atoms with Gasteiger partial charge < -0.3 is 20.3 Å². The van der Waals surface area contributed by atoms with Crippen LogP contribution in [-0.2, 0) is 0 Å². The van der Waals surface area contributed by atoms with E-state index in [1.165, 1.54) is 18.6 Å². The number of benzene rings is 1. The van der Waals surface area contributed by atoms with Gasteiger partial charge in [-0.2, -0.15) is 4.37 Å². The first kappa shape index (κ1) is 22.6. The van der Waals surface area contributed by atoms with Crippen LogP contribution in [0.15, 0.2) is 12.1 Å². The molecule has 1 saturated heterocycles. The van der Waals surface area contributed by atoms with Crippen LogP contribution in [0.2, 0.25) is 5.02 Å². The molecule has 1 aromatic heterocycles. The number of rotatable bonds is 3. The molecule has 26 heavy (non-hydrogen) atoms. The van der Waals surface area contributed by atoms with Crippen LogP contribution in [0.4, 0.5) is 10.8 Å². The molecule has 1 aromatic carbocycles. The number of aromatic nitrogens is 2. The van der Waals surface area contributed by atoms with Gasteiger partial charge in [0.15, 0.2) is 0 Å². The number of nitrogens with two attached hydrogens (primary N) is 1. The highest BCUT2D eigenvalue weighted by Crippen LogP contribution is 2.30. The molecular weight excluding hydrogens is 421 g/mol. The predicted octanol–water partition coefficient (Wildman–Crippen LogP) is 2.90. The topological polar surface area (TPSA) is 84.6 Å². The van der Waals surface area contributed by atoms with Gasteiger partial charge in [-0.15, -0.1) is 24.8 Å². The third-order valence-corrected chi connectivity index (χ3v) is 5.10. The van der Waals surface area contributed by atoms with Crippen molar-refractivity contribution in [2.45, 2.75) is 6.92 Å². The third kappa shape index (κ3) is 4.62. The monoisotopic (exact) mass is 439 g/mol. The van der Waals surface area contributed by atoms with Crippen molar-refractivity contribution in [3.63, 3.8) is 0 Å². The average Bonchev–Trinajstić information content (AvgIpc) is 3.03. The van der Waals surface area contributed by atoms with Crippen LogP contribution >= 0.6 is 47.9 Å². The minimum absolute atomic E-state index is 0. The number of anilines is 2. The fourth-order valence-corrected chi connectivity index (χ4v) is 3.48. The number of carbonyl (C=O) groups excluding carboxylic acids is 1. The zero-order valence-corrected chi connectivity index (χ0v) is 17.5. The van der Waals surface area contributed by atoms with E-state index in [9.17, 15) is 4.79 Å². The highest BCUT2D eigenvalue weighted by molar-refractivity contribution is 7.09. The highest BCUT2D eigenvalue weighted by Gasteiger charge is 2.26. The normalized spacial score (nSPS) is 13.7. The first-order valence-corrected chi connectivity index (χ1v) is 8.62. The Kier molecular flexibility index (Phi) is 8.20. The second-order valence-corrected chi connectivity index (χ2v) is 6.61. The standard InChI is InChI=1S/C15H18ClN5O2S.2ClH/c1-9-18-15(24-19-9)21-5-3-20(4-6-21)14(22)10-7-11(16)12(17)8-13(10)23-2;;/h7-8H,3-6,17H2,1-2H3;2*1H. The smallest absolute Gasteiger partial charge is 0.257 e. The summed E-state index contributed by atoms with van der Waals surface area (Å²) in [5.74, 6) is 1.10. The highest BCUT2D eigenvalue weighted by atomic mass is 35.5. The summed E-state index contributed by atoms with van der Waals surface area (Å²) < 4.78 is 9.47. The van der Waals surface area contributed by atoms with E-state index in [-0.39, 0.29) is 30.7 Å². The first-order valence-electron chi connectivity index (χ1n) is 7.47.